The number of halogens is 1. The molecule has 0 aliphatic heterocycles. The van der Waals surface area contributed by atoms with Crippen LogP contribution < -0.4 is 10.1 Å². The maximum atomic E-state index is 14.0. The van der Waals surface area contributed by atoms with Gasteiger partial charge in [0.25, 0.3) is 5.91 Å². The van der Waals surface area contributed by atoms with Crippen molar-refractivity contribution in [1.82, 2.24) is 15.3 Å². The molecule has 8 nitrogen and oxygen atoms in total. The molecule has 0 aliphatic carbocycles. The number of ether oxygens (including phenoxy) is 2. The number of aromatic nitrogens is 2. The molecule has 1 amide bonds. The normalized spacial score (nSPS) is 10.7. The highest BCUT2D eigenvalue weighted by atomic mass is 19.1. The van der Waals surface area contributed by atoms with E-state index in [0.29, 0.717) is 47.0 Å². The molecule has 2 N–H and O–H groups in total. The second-order valence-electron chi connectivity index (χ2n) is 9.35. The average molecular weight is 544 g/mol. The van der Waals surface area contributed by atoms with E-state index in [1.807, 2.05) is 19.1 Å². The van der Waals surface area contributed by atoms with Crippen molar-refractivity contribution in [3.05, 3.63) is 101 Å². The summed E-state index contributed by atoms with van der Waals surface area (Å²) in [5, 5.41) is 2.77. The number of nitrogens with one attached hydrogen (secondary N) is 2. The number of esters is 1. The number of H-pyrrole nitrogens is 1. The van der Waals surface area contributed by atoms with Gasteiger partial charge in [-0.05, 0) is 54.8 Å². The summed E-state index contributed by atoms with van der Waals surface area (Å²) in [4.78, 5) is 43.5. The van der Waals surface area contributed by atoms with Crippen LogP contribution in [0.25, 0.3) is 11.4 Å². The zero-order valence-corrected chi connectivity index (χ0v) is 22.3. The number of benzene rings is 2. The predicted molar refractivity (Wildman–Crippen MR) is 148 cm³/mol. The highest BCUT2D eigenvalue weighted by molar-refractivity contribution is 5.95. The minimum absolute atomic E-state index is 0.0447. The van der Waals surface area contributed by atoms with Crippen LogP contribution in [0.4, 0.5) is 4.39 Å². The molecule has 0 spiro atoms. The molecule has 0 unspecified atom stereocenters. The van der Waals surface area contributed by atoms with Gasteiger partial charge in [0.2, 0.25) is 0 Å². The fraction of sp³-hybridized carbons (Fsp3) is 0.226. The second-order valence-corrected chi connectivity index (χ2v) is 9.35. The van der Waals surface area contributed by atoms with Gasteiger partial charge in [0.1, 0.15) is 23.1 Å². The lowest BCUT2D eigenvalue weighted by molar-refractivity contribution is -0.140. The summed E-state index contributed by atoms with van der Waals surface area (Å²) in [6.07, 6.45) is 4.16. The van der Waals surface area contributed by atoms with Crippen LogP contribution in [0.2, 0.25) is 0 Å². The van der Waals surface area contributed by atoms with E-state index in [0.717, 1.165) is 11.1 Å². The molecule has 9 heteroatoms. The SMILES string of the molecule is COC(=O)CCCNC(=O)c1c[nH]c(-c2cc(Oc3ccc(CC(=O)Cc4cc(C)ccc4F)cc3)ccn2)c1. The van der Waals surface area contributed by atoms with Crippen molar-refractivity contribution >= 4 is 17.7 Å². The van der Waals surface area contributed by atoms with E-state index in [9.17, 15) is 18.8 Å². The minimum Gasteiger partial charge on any atom is -0.469 e. The van der Waals surface area contributed by atoms with E-state index in [1.54, 1.807) is 54.9 Å². The Morgan fingerprint density at radius 2 is 1.77 bits per heavy atom. The smallest absolute Gasteiger partial charge is 0.305 e. The molecule has 4 rings (SSSR count). The van der Waals surface area contributed by atoms with Crippen molar-refractivity contribution in [3.63, 3.8) is 0 Å². The van der Waals surface area contributed by atoms with E-state index in [2.05, 4.69) is 20.0 Å². The van der Waals surface area contributed by atoms with Crippen molar-refractivity contribution in [1.29, 1.82) is 0 Å². The number of rotatable bonds is 12. The first-order chi connectivity index (χ1) is 19.3. The fourth-order valence-electron chi connectivity index (χ4n) is 4.09. The standard InChI is InChI=1S/C31H30FN3O5/c1-20-5-10-27(32)22(14-20)16-24(36)15-21-6-8-25(9-7-21)40-26-11-13-33-29(18-26)28-17-23(19-35-28)31(38)34-12-3-4-30(37)39-2/h5-11,13-14,17-19,35H,3-4,12,15-16H2,1-2H3,(H,34,38). The summed E-state index contributed by atoms with van der Waals surface area (Å²) in [6.45, 7) is 2.22. The van der Waals surface area contributed by atoms with E-state index in [4.69, 9.17) is 4.74 Å². The van der Waals surface area contributed by atoms with Crippen LogP contribution >= 0.6 is 0 Å². The number of aryl methyl sites for hydroxylation is 1. The minimum atomic E-state index is -0.370. The quantitative estimate of drug-likeness (QED) is 0.184. The van der Waals surface area contributed by atoms with Gasteiger partial charge in [-0.15, -0.1) is 0 Å². The zero-order chi connectivity index (χ0) is 28.5. The third kappa shape index (κ3) is 7.86. The van der Waals surface area contributed by atoms with Crippen LogP contribution in [0, 0.1) is 12.7 Å². The number of amides is 1. The molecule has 206 valence electrons. The van der Waals surface area contributed by atoms with Crippen LogP contribution in [-0.4, -0.2) is 41.3 Å². The summed E-state index contributed by atoms with van der Waals surface area (Å²) in [5.74, 6) is 0.109. The first-order valence-electron chi connectivity index (χ1n) is 12.8. The van der Waals surface area contributed by atoms with Crippen LogP contribution in [0.15, 0.2) is 73.1 Å². The number of hydrogen-bond acceptors (Lipinski definition) is 6. The van der Waals surface area contributed by atoms with Crippen LogP contribution in [0.5, 0.6) is 11.5 Å². The summed E-state index contributed by atoms with van der Waals surface area (Å²) in [7, 11) is 1.33. The van der Waals surface area contributed by atoms with Gasteiger partial charge >= 0.3 is 5.97 Å². The van der Waals surface area contributed by atoms with Gasteiger partial charge in [0, 0.05) is 44.3 Å². The molecule has 0 fully saturated rings. The highest BCUT2D eigenvalue weighted by Gasteiger charge is 2.12. The van der Waals surface area contributed by atoms with E-state index in [-0.39, 0.29) is 42.7 Å². The first kappa shape index (κ1) is 28.2. The third-order valence-electron chi connectivity index (χ3n) is 6.17. The van der Waals surface area contributed by atoms with Gasteiger partial charge in [-0.1, -0.05) is 29.8 Å². The van der Waals surface area contributed by atoms with Gasteiger partial charge < -0.3 is 19.8 Å². The molecule has 2 aromatic heterocycles. The van der Waals surface area contributed by atoms with Crippen LogP contribution in [0.1, 0.15) is 39.9 Å². The number of methoxy groups -OCH3 is 1. The van der Waals surface area contributed by atoms with Gasteiger partial charge in [0.05, 0.1) is 24.1 Å². The van der Waals surface area contributed by atoms with Crippen molar-refractivity contribution in [2.24, 2.45) is 0 Å². The molecule has 0 aliphatic rings. The number of pyridine rings is 1. The Morgan fingerprint density at radius 1 is 0.975 bits per heavy atom. The lowest BCUT2D eigenvalue weighted by Crippen LogP contribution is -2.24. The Bertz CT molecular complexity index is 1500. The topological polar surface area (TPSA) is 110 Å². The molecule has 0 radical (unpaired) electrons. The van der Waals surface area contributed by atoms with E-state index in [1.165, 1.54) is 13.2 Å². The Hall–Kier alpha value is -4.79. The molecular formula is C31H30FN3O5. The molecular weight excluding hydrogens is 513 g/mol. The Balaban J connectivity index is 1.32. The maximum Gasteiger partial charge on any atom is 0.305 e. The fourth-order valence-corrected chi connectivity index (χ4v) is 4.09. The van der Waals surface area contributed by atoms with Crippen LogP contribution in [-0.2, 0) is 27.2 Å². The Kier molecular flexibility index (Phi) is 9.40. The van der Waals surface area contributed by atoms with E-state index >= 15 is 0 Å². The molecule has 0 saturated heterocycles. The summed E-state index contributed by atoms with van der Waals surface area (Å²) < 4.78 is 24.5. The number of carbonyl (C=O) groups is 3. The lowest BCUT2D eigenvalue weighted by atomic mass is 10.0. The summed E-state index contributed by atoms with van der Waals surface area (Å²) in [6, 6.07) is 17.1. The number of ketones is 1. The maximum absolute atomic E-state index is 14.0. The average Bonchev–Trinajstić information content (AvgIpc) is 3.45. The lowest BCUT2D eigenvalue weighted by Gasteiger charge is -2.08. The molecule has 0 atom stereocenters. The van der Waals surface area contributed by atoms with Crippen molar-refractivity contribution in [3.8, 4) is 22.9 Å². The predicted octanol–water partition coefficient (Wildman–Crippen LogP) is 5.35. The summed E-state index contributed by atoms with van der Waals surface area (Å²) in [5.41, 5.74) is 3.80. The van der Waals surface area contributed by atoms with Gasteiger partial charge in [-0.25, -0.2) is 4.39 Å². The zero-order valence-electron chi connectivity index (χ0n) is 22.3. The number of Topliss-reactive ketones (excluding diaryl/α,β-unsaturated/α-hetero) is 1. The molecule has 4 aromatic rings. The van der Waals surface area contributed by atoms with Crippen molar-refractivity contribution < 1.29 is 28.2 Å². The van der Waals surface area contributed by atoms with Gasteiger partial charge in [-0.3, -0.25) is 19.4 Å². The number of carbonyl (C=O) groups excluding carboxylic acids is 3. The summed E-state index contributed by atoms with van der Waals surface area (Å²) >= 11 is 0. The molecule has 0 bridgehead atoms. The number of aromatic amines is 1. The molecule has 0 saturated carbocycles. The molecule has 2 aromatic carbocycles. The first-order valence-corrected chi connectivity index (χ1v) is 12.8. The number of nitrogens with zero attached hydrogens (tertiary/aromatic N) is 1. The Labute approximate surface area is 231 Å². The van der Waals surface area contributed by atoms with Gasteiger partial charge in [-0.2, -0.15) is 0 Å². The van der Waals surface area contributed by atoms with Gasteiger partial charge in [0.15, 0.2) is 0 Å². The van der Waals surface area contributed by atoms with Crippen molar-refractivity contribution in [2.75, 3.05) is 13.7 Å². The van der Waals surface area contributed by atoms with Crippen LogP contribution in [0.3, 0.4) is 0 Å². The Morgan fingerprint density at radius 3 is 2.55 bits per heavy atom. The van der Waals surface area contributed by atoms with Crippen molar-refractivity contribution in [2.45, 2.75) is 32.6 Å². The molecule has 40 heavy (non-hydrogen) atoms. The monoisotopic (exact) mass is 543 g/mol. The second kappa shape index (κ2) is 13.3. The van der Waals surface area contributed by atoms with E-state index < -0.39 is 0 Å². The largest absolute Gasteiger partial charge is 0.469 e. The number of hydrogen-bond donors (Lipinski definition) is 2. The third-order valence-corrected chi connectivity index (χ3v) is 6.17. The highest BCUT2D eigenvalue weighted by Crippen LogP contribution is 2.26. The molecule has 2 heterocycles.